The zero-order valence-corrected chi connectivity index (χ0v) is 10.7. The Morgan fingerprint density at radius 3 is 2.28 bits per heavy atom. The molecule has 0 radical (unpaired) electrons. The molecule has 1 amide bonds. The highest BCUT2D eigenvalue weighted by Gasteiger charge is 2.12. The van der Waals surface area contributed by atoms with Crippen LogP contribution < -0.4 is 5.32 Å². The van der Waals surface area contributed by atoms with Crippen molar-refractivity contribution in [2.45, 2.75) is 19.9 Å². The molecule has 0 aliphatic carbocycles. The maximum atomic E-state index is 12.1. The first-order valence-corrected chi connectivity index (χ1v) is 6.10. The van der Waals surface area contributed by atoms with Crippen LogP contribution in [0.25, 0.3) is 0 Å². The Bertz CT molecular complexity index is 534. The van der Waals surface area contributed by atoms with Crippen molar-refractivity contribution in [2.24, 2.45) is 0 Å². The zero-order chi connectivity index (χ0) is 13.0. The molecule has 0 aliphatic rings. The second-order valence-corrected chi connectivity index (χ2v) is 4.42. The van der Waals surface area contributed by atoms with Crippen LogP contribution in [0.5, 0.6) is 0 Å². The highest BCUT2D eigenvalue weighted by molar-refractivity contribution is 5.95. The van der Waals surface area contributed by atoms with Crippen LogP contribution in [0, 0.1) is 6.92 Å². The molecule has 0 bridgehead atoms. The minimum absolute atomic E-state index is 0.0123. The lowest BCUT2D eigenvalue weighted by molar-refractivity contribution is 0.0939. The van der Waals surface area contributed by atoms with Crippen molar-refractivity contribution in [1.82, 2.24) is 5.32 Å². The van der Waals surface area contributed by atoms with E-state index in [4.69, 9.17) is 0 Å². The Kier molecular flexibility index (Phi) is 3.78. The summed E-state index contributed by atoms with van der Waals surface area (Å²) < 4.78 is 0. The molecule has 0 heterocycles. The summed E-state index contributed by atoms with van der Waals surface area (Å²) in [5.41, 5.74) is 2.84. The Balaban J connectivity index is 2.11. The van der Waals surface area contributed by atoms with Gasteiger partial charge in [0.05, 0.1) is 6.04 Å². The summed E-state index contributed by atoms with van der Waals surface area (Å²) in [7, 11) is 0. The molecule has 18 heavy (non-hydrogen) atoms. The SMILES string of the molecule is Cc1ccccc1C(=O)N[C@H](C)c1ccccc1. The first kappa shape index (κ1) is 12.4. The van der Waals surface area contributed by atoms with Crippen LogP contribution in [0.1, 0.15) is 34.5 Å². The summed E-state index contributed by atoms with van der Waals surface area (Å²) in [5, 5.41) is 3.01. The van der Waals surface area contributed by atoms with Gasteiger partial charge in [0.15, 0.2) is 0 Å². The second-order valence-electron chi connectivity index (χ2n) is 4.42. The van der Waals surface area contributed by atoms with Crippen LogP contribution >= 0.6 is 0 Å². The normalized spacial score (nSPS) is 11.9. The first-order valence-electron chi connectivity index (χ1n) is 6.10. The quantitative estimate of drug-likeness (QED) is 0.872. The van der Waals surface area contributed by atoms with E-state index in [0.29, 0.717) is 0 Å². The maximum Gasteiger partial charge on any atom is 0.252 e. The average Bonchev–Trinajstić information content (AvgIpc) is 2.40. The minimum Gasteiger partial charge on any atom is -0.346 e. The molecular formula is C16H17NO. The third-order valence-electron chi connectivity index (χ3n) is 3.04. The monoisotopic (exact) mass is 239 g/mol. The van der Waals surface area contributed by atoms with E-state index in [-0.39, 0.29) is 11.9 Å². The molecular weight excluding hydrogens is 222 g/mol. The molecule has 2 heteroatoms. The first-order chi connectivity index (χ1) is 8.68. The van der Waals surface area contributed by atoms with Crippen LogP contribution in [0.3, 0.4) is 0 Å². The minimum atomic E-state index is -0.0237. The van der Waals surface area contributed by atoms with E-state index in [2.05, 4.69) is 5.32 Å². The Morgan fingerprint density at radius 2 is 1.61 bits per heavy atom. The fraction of sp³-hybridized carbons (Fsp3) is 0.188. The Hall–Kier alpha value is -2.09. The highest BCUT2D eigenvalue weighted by Crippen LogP contribution is 2.13. The summed E-state index contributed by atoms with van der Waals surface area (Å²) in [6.07, 6.45) is 0. The largest absolute Gasteiger partial charge is 0.346 e. The van der Waals surface area contributed by atoms with Gasteiger partial charge in [0.1, 0.15) is 0 Å². The van der Waals surface area contributed by atoms with Crippen LogP contribution in [-0.4, -0.2) is 5.91 Å². The highest BCUT2D eigenvalue weighted by atomic mass is 16.1. The summed E-state index contributed by atoms with van der Waals surface area (Å²) in [6, 6.07) is 17.6. The number of hydrogen-bond donors (Lipinski definition) is 1. The summed E-state index contributed by atoms with van der Waals surface area (Å²) in [6.45, 7) is 3.94. The van der Waals surface area contributed by atoms with Gasteiger partial charge in [-0.15, -0.1) is 0 Å². The number of hydrogen-bond acceptors (Lipinski definition) is 1. The number of rotatable bonds is 3. The van der Waals surface area contributed by atoms with Crippen molar-refractivity contribution < 1.29 is 4.79 Å². The van der Waals surface area contributed by atoms with Crippen LogP contribution in [-0.2, 0) is 0 Å². The molecule has 2 aromatic carbocycles. The Labute approximate surface area is 108 Å². The average molecular weight is 239 g/mol. The number of nitrogens with one attached hydrogen (secondary N) is 1. The lowest BCUT2D eigenvalue weighted by Gasteiger charge is -2.15. The molecule has 92 valence electrons. The lowest BCUT2D eigenvalue weighted by atomic mass is 10.1. The van der Waals surface area contributed by atoms with Gasteiger partial charge in [-0.25, -0.2) is 0 Å². The van der Waals surface area contributed by atoms with Crippen molar-refractivity contribution in [3.63, 3.8) is 0 Å². The number of carbonyl (C=O) groups is 1. The van der Waals surface area contributed by atoms with Gasteiger partial charge in [-0.1, -0.05) is 48.5 Å². The van der Waals surface area contributed by atoms with Gasteiger partial charge in [-0.2, -0.15) is 0 Å². The van der Waals surface area contributed by atoms with Crippen LogP contribution in [0.4, 0.5) is 0 Å². The summed E-state index contributed by atoms with van der Waals surface area (Å²) in [4.78, 5) is 12.1. The third kappa shape index (κ3) is 2.77. The van der Waals surface area contributed by atoms with Crippen molar-refractivity contribution in [3.8, 4) is 0 Å². The van der Waals surface area contributed by atoms with Crippen molar-refractivity contribution in [1.29, 1.82) is 0 Å². The number of carbonyl (C=O) groups excluding carboxylic acids is 1. The maximum absolute atomic E-state index is 12.1. The van der Waals surface area contributed by atoms with Crippen molar-refractivity contribution in [3.05, 3.63) is 71.3 Å². The predicted octanol–water partition coefficient (Wildman–Crippen LogP) is 3.49. The standard InChI is InChI=1S/C16H17NO/c1-12-8-6-7-11-15(12)16(18)17-13(2)14-9-4-3-5-10-14/h3-11,13H,1-2H3,(H,17,18)/t13-/m1/s1. The molecule has 2 nitrogen and oxygen atoms in total. The van der Waals surface area contributed by atoms with Gasteiger partial charge in [-0.3, -0.25) is 4.79 Å². The molecule has 0 unspecified atom stereocenters. The van der Waals surface area contributed by atoms with E-state index >= 15 is 0 Å². The van der Waals surface area contributed by atoms with Crippen LogP contribution in [0.15, 0.2) is 54.6 Å². The number of benzene rings is 2. The summed E-state index contributed by atoms with van der Waals surface area (Å²) >= 11 is 0. The predicted molar refractivity (Wildman–Crippen MR) is 73.5 cm³/mol. The summed E-state index contributed by atoms with van der Waals surface area (Å²) in [5.74, 6) is -0.0237. The van der Waals surface area contributed by atoms with E-state index in [1.807, 2.05) is 68.4 Å². The van der Waals surface area contributed by atoms with Gasteiger partial charge >= 0.3 is 0 Å². The molecule has 0 aliphatic heterocycles. The third-order valence-corrected chi connectivity index (χ3v) is 3.04. The Morgan fingerprint density at radius 1 is 1.00 bits per heavy atom. The second kappa shape index (κ2) is 5.50. The smallest absolute Gasteiger partial charge is 0.252 e. The zero-order valence-electron chi connectivity index (χ0n) is 10.7. The van der Waals surface area contributed by atoms with Gasteiger partial charge < -0.3 is 5.32 Å². The van der Waals surface area contributed by atoms with Crippen LogP contribution in [0.2, 0.25) is 0 Å². The topological polar surface area (TPSA) is 29.1 Å². The van der Waals surface area contributed by atoms with Gasteiger partial charge in [-0.05, 0) is 31.0 Å². The fourth-order valence-corrected chi connectivity index (χ4v) is 1.93. The van der Waals surface area contributed by atoms with Crippen molar-refractivity contribution >= 4 is 5.91 Å². The van der Waals surface area contributed by atoms with E-state index in [0.717, 1.165) is 16.7 Å². The van der Waals surface area contributed by atoms with Gasteiger partial charge in [0.25, 0.3) is 5.91 Å². The van der Waals surface area contributed by atoms with E-state index in [1.54, 1.807) is 0 Å². The van der Waals surface area contributed by atoms with Crippen molar-refractivity contribution in [2.75, 3.05) is 0 Å². The molecule has 0 saturated carbocycles. The molecule has 2 aromatic rings. The van der Waals surface area contributed by atoms with E-state index in [1.165, 1.54) is 0 Å². The number of amides is 1. The molecule has 1 N–H and O–H groups in total. The molecule has 0 saturated heterocycles. The van der Waals surface area contributed by atoms with E-state index in [9.17, 15) is 4.79 Å². The molecule has 0 fully saturated rings. The lowest BCUT2D eigenvalue weighted by Crippen LogP contribution is -2.27. The fourth-order valence-electron chi connectivity index (χ4n) is 1.93. The van der Waals surface area contributed by atoms with E-state index < -0.39 is 0 Å². The molecule has 1 atom stereocenters. The molecule has 2 rings (SSSR count). The van der Waals surface area contributed by atoms with Gasteiger partial charge in [0, 0.05) is 5.56 Å². The number of aryl methyl sites for hydroxylation is 1. The van der Waals surface area contributed by atoms with Gasteiger partial charge in [0.2, 0.25) is 0 Å². The molecule has 0 aromatic heterocycles. The molecule has 0 spiro atoms.